The van der Waals surface area contributed by atoms with Gasteiger partial charge in [0, 0.05) is 46.3 Å². The smallest absolute Gasteiger partial charge is 0.402 e. The molecule has 0 radical (unpaired) electrons. The fourth-order valence-corrected chi connectivity index (χ4v) is 4.88. The van der Waals surface area contributed by atoms with Crippen LogP contribution in [0.2, 0.25) is 0 Å². The lowest BCUT2D eigenvalue weighted by Crippen LogP contribution is -2.32. The first kappa shape index (κ1) is 27.4. The average Bonchev–Trinajstić information content (AvgIpc) is 3.65. The van der Waals surface area contributed by atoms with Crippen molar-refractivity contribution in [2.24, 2.45) is 4.99 Å². The number of aliphatic imine (C=N–C) groups is 1. The van der Waals surface area contributed by atoms with Crippen LogP contribution < -0.4 is 10.6 Å². The zero-order valence-electron chi connectivity index (χ0n) is 23.1. The van der Waals surface area contributed by atoms with E-state index in [0.29, 0.717) is 29.0 Å². The number of amides is 1. The van der Waals surface area contributed by atoms with Crippen LogP contribution in [0.4, 0.5) is 24.9 Å². The molecule has 13 heteroatoms. The van der Waals surface area contributed by atoms with Gasteiger partial charge in [-0.15, -0.1) is 5.10 Å². The first-order chi connectivity index (χ1) is 21.2. The summed E-state index contributed by atoms with van der Waals surface area (Å²) in [6, 6.07) is 17.4. The minimum atomic E-state index is -4.64. The number of nitrogens with zero attached hydrogens (tertiary/aromatic N) is 6. The first-order valence-corrected chi connectivity index (χ1v) is 13.7. The number of pyridine rings is 1. The number of alkyl halides is 3. The second-order valence-electron chi connectivity index (χ2n) is 10.8. The van der Waals surface area contributed by atoms with E-state index in [1.807, 2.05) is 49.4 Å². The molecule has 0 bridgehead atoms. The molecule has 1 atom stereocenters. The molecular weight excluding hydrogens is 573 g/mol. The number of hydrogen-bond acceptors (Lipinski definition) is 9. The van der Waals surface area contributed by atoms with E-state index < -0.39 is 23.8 Å². The zero-order chi connectivity index (χ0) is 30.5. The predicted molar refractivity (Wildman–Crippen MR) is 155 cm³/mol. The number of benzodiazepines with no additional fused rings is 1. The molecule has 4 heterocycles. The Balaban J connectivity index is 1.23. The van der Waals surface area contributed by atoms with Gasteiger partial charge in [-0.2, -0.15) is 13.2 Å². The highest BCUT2D eigenvalue weighted by Gasteiger charge is 2.42. The fraction of sp³-hybridized carbons (Fsp3) is 0.194. The molecule has 1 fully saturated rings. The molecule has 0 spiro atoms. The molecule has 1 aliphatic heterocycles. The molecule has 3 aromatic heterocycles. The Morgan fingerprint density at radius 2 is 1.64 bits per heavy atom. The minimum Gasteiger partial charge on any atom is -0.402 e. The normalized spacial score (nSPS) is 17.2. The van der Waals surface area contributed by atoms with Gasteiger partial charge in [0.05, 0.1) is 17.0 Å². The van der Waals surface area contributed by atoms with Gasteiger partial charge in [-0.05, 0) is 25.0 Å². The van der Waals surface area contributed by atoms with Crippen LogP contribution in [0.3, 0.4) is 0 Å². The number of aromatic nitrogens is 5. The maximum Gasteiger partial charge on any atom is 0.417 e. The van der Waals surface area contributed by atoms with E-state index >= 15 is 0 Å². The highest BCUT2D eigenvalue weighted by molar-refractivity contribution is 6.19. The predicted octanol–water partition coefficient (Wildman–Crippen LogP) is 5.89. The van der Waals surface area contributed by atoms with Gasteiger partial charge in [0.15, 0.2) is 0 Å². The minimum absolute atomic E-state index is 0.00117. The third-order valence-corrected chi connectivity index (χ3v) is 7.60. The highest BCUT2D eigenvalue weighted by atomic mass is 19.4. The second kappa shape index (κ2) is 10.4. The third kappa shape index (κ3) is 5.16. The quantitative estimate of drug-likeness (QED) is 0.248. The lowest BCUT2D eigenvalue weighted by molar-refractivity contribution is -0.137. The number of anilines is 2. The van der Waals surface area contributed by atoms with Gasteiger partial charge in [-0.25, -0.2) is 19.9 Å². The summed E-state index contributed by atoms with van der Waals surface area (Å²) in [5.41, 5.74) is 1.96. The van der Waals surface area contributed by atoms with Gasteiger partial charge in [-0.3, -0.25) is 4.79 Å². The van der Waals surface area contributed by atoms with Crippen LogP contribution in [0, 0.1) is 0 Å². The summed E-state index contributed by atoms with van der Waals surface area (Å²) in [6.45, 7) is 2.03. The molecule has 2 N–H and O–H groups in total. The molecule has 0 saturated heterocycles. The number of hydrogen-bond donors (Lipinski definition) is 2. The van der Waals surface area contributed by atoms with Crippen molar-refractivity contribution in [2.75, 3.05) is 10.6 Å². The van der Waals surface area contributed by atoms with Crippen molar-refractivity contribution in [3.8, 4) is 22.7 Å². The summed E-state index contributed by atoms with van der Waals surface area (Å²) < 4.78 is 46.7. The Kier molecular flexibility index (Phi) is 6.45. The van der Waals surface area contributed by atoms with Crippen LogP contribution in [0.1, 0.15) is 42.3 Å². The molecule has 0 unspecified atom stereocenters. The lowest BCUT2D eigenvalue weighted by Gasteiger charge is -2.12. The molecule has 1 aliphatic carbocycles. The van der Waals surface area contributed by atoms with Gasteiger partial charge in [0.25, 0.3) is 11.8 Å². The maximum atomic E-state index is 13.7. The summed E-state index contributed by atoms with van der Waals surface area (Å²) in [4.78, 5) is 30.7. The topological polar surface area (TPSA) is 131 Å². The molecule has 220 valence electrons. The highest BCUT2D eigenvalue weighted by Crippen LogP contribution is 2.46. The van der Waals surface area contributed by atoms with Gasteiger partial charge in [0.1, 0.15) is 11.5 Å². The van der Waals surface area contributed by atoms with Crippen LogP contribution in [0.25, 0.3) is 22.7 Å². The zero-order valence-corrected chi connectivity index (χ0v) is 23.1. The van der Waals surface area contributed by atoms with Crippen LogP contribution in [0.15, 0.2) is 88.7 Å². The van der Waals surface area contributed by atoms with Crippen molar-refractivity contribution in [3.63, 3.8) is 0 Å². The molecule has 44 heavy (non-hydrogen) atoms. The van der Waals surface area contributed by atoms with E-state index in [1.165, 1.54) is 12.4 Å². The van der Waals surface area contributed by atoms with Crippen molar-refractivity contribution < 1.29 is 22.4 Å². The van der Waals surface area contributed by atoms with Crippen molar-refractivity contribution >= 4 is 23.3 Å². The Labute approximate surface area is 248 Å². The molecule has 7 rings (SSSR count). The van der Waals surface area contributed by atoms with Gasteiger partial charge < -0.3 is 15.1 Å². The van der Waals surface area contributed by atoms with Gasteiger partial charge in [0.2, 0.25) is 6.17 Å². The summed E-state index contributed by atoms with van der Waals surface area (Å²) >= 11 is 0. The summed E-state index contributed by atoms with van der Waals surface area (Å²) in [5, 5.41) is 13.7. The lowest BCUT2D eigenvalue weighted by atomic mass is 10.0. The number of fused-ring (bicyclic) bond motifs is 1. The Morgan fingerprint density at radius 1 is 0.909 bits per heavy atom. The molecule has 10 nitrogen and oxygen atoms in total. The van der Waals surface area contributed by atoms with Crippen molar-refractivity contribution in [2.45, 2.75) is 37.5 Å². The summed E-state index contributed by atoms with van der Waals surface area (Å²) in [5.74, 6) is -0.0108. The largest absolute Gasteiger partial charge is 0.417 e. The Morgan fingerprint density at radius 3 is 2.36 bits per heavy atom. The number of nitrogens with one attached hydrogen (secondary N) is 2. The summed E-state index contributed by atoms with van der Waals surface area (Å²) in [7, 11) is 0. The number of carbonyl (C=O) groups is 1. The van der Waals surface area contributed by atoms with Crippen LogP contribution in [-0.2, 0) is 16.4 Å². The van der Waals surface area contributed by atoms with E-state index in [-0.39, 0.29) is 28.6 Å². The molecule has 1 amide bonds. The van der Waals surface area contributed by atoms with Crippen molar-refractivity contribution in [3.05, 3.63) is 102 Å². The second-order valence-corrected chi connectivity index (χ2v) is 10.8. The Bertz CT molecular complexity index is 1900. The molecule has 2 aromatic carbocycles. The Hall–Kier alpha value is -5.46. The fourth-order valence-electron chi connectivity index (χ4n) is 4.88. The average molecular weight is 597 g/mol. The van der Waals surface area contributed by atoms with E-state index in [0.717, 1.165) is 30.0 Å². The van der Waals surface area contributed by atoms with E-state index in [9.17, 15) is 18.0 Å². The number of carbonyl (C=O) groups excluding carboxylic acids is 1. The van der Waals surface area contributed by atoms with Crippen LogP contribution in [0.5, 0.6) is 0 Å². The molecule has 2 aliphatic rings. The monoisotopic (exact) mass is 596 g/mol. The third-order valence-electron chi connectivity index (χ3n) is 7.60. The molecule has 1 saturated carbocycles. The van der Waals surface area contributed by atoms with Crippen LogP contribution in [-0.4, -0.2) is 42.9 Å². The maximum absolute atomic E-state index is 13.7. The van der Waals surface area contributed by atoms with Gasteiger partial charge >= 0.3 is 12.2 Å². The van der Waals surface area contributed by atoms with Crippen molar-refractivity contribution in [1.29, 1.82) is 0 Å². The van der Waals surface area contributed by atoms with E-state index in [1.54, 1.807) is 12.1 Å². The van der Waals surface area contributed by atoms with E-state index in [4.69, 9.17) is 9.41 Å². The first-order valence-electron chi connectivity index (χ1n) is 13.7. The molecular formula is C31H23F3N8O2. The number of benzene rings is 2. The van der Waals surface area contributed by atoms with Crippen LogP contribution >= 0.6 is 0 Å². The van der Waals surface area contributed by atoms with Crippen molar-refractivity contribution in [1.82, 2.24) is 25.1 Å². The SMILES string of the molecule is CC1(c2ncc(-c3cc(C(F)(F)F)cnc3-c3nnc(N[C@@H]4N=C(c5ccccc5)c5ccccc5NC4=O)o3)cn2)CC1. The number of rotatable bonds is 6. The number of halogens is 3. The standard InChI is InChI=1S/C31H23F3N8O2/c1-30(11-12-30)28-36-14-18(15-37-28)21-13-19(31(32,33)34)16-35-24(21)27-41-42-29(44-27)40-25-26(43)38-22-10-6-5-9-20(22)23(39-25)17-7-3-2-4-8-17/h2-10,13-16,25H,11-12H2,1H3,(H,38,43)(H,40,42)/t25-/m0/s1. The van der Waals surface area contributed by atoms with E-state index in [2.05, 4.69) is 35.8 Å². The summed E-state index contributed by atoms with van der Waals surface area (Å²) in [6.07, 6.45) is -0.280. The van der Waals surface area contributed by atoms with Gasteiger partial charge in [-0.1, -0.05) is 60.6 Å². The number of para-hydroxylation sites is 1. The molecule has 5 aromatic rings.